The molecule has 2 heterocycles. The lowest BCUT2D eigenvalue weighted by atomic mass is 10.1. The van der Waals surface area contributed by atoms with E-state index in [4.69, 9.17) is 22.9 Å². The summed E-state index contributed by atoms with van der Waals surface area (Å²) in [6, 6.07) is -4.60. The van der Waals surface area contributed by atoms with E-state index in [1.807, 2.05) is 0 Å². The molecule has 1 fully saturated rings. The molecule has 16 heteroatoms. The zero-order valence-electron chi connectivity index (χ0n) is 20.3. The summed E-state index contributed by atoms with van der Waals surface area (Å²) in [7, 11) is 0. The molecule has 1 saturated heterocycles. The van der Waals surface area contributed by atoms with Gasteiger partial charge in [-0.2, -0.15) is 0 Å². The van der Waals surface area contributed by atoms with Gasteiger partial charge in [0.25, 0.3) is 0 Å². The van der Waals surface area contributed by atoms with Gasteiger partial charge in [-0.25, -0.2) is 9.78 Å². The van der Waals surface area contributed by atoms with Gasteiger partial charge in [0.05, 0.1) is 18.8 Å². The van der Waals surface area contributed by atoms with Crippen LogP contribution in [-0.2, 0) is 30.4 Å². The van der Waals surface area contributed by atoms with E-state index in [1.165, 1.54) is 17.4 Å². The normalized spacial score (nSPS) is 17.3. The first-order valence-corrected chi connectivity index (χ1v) is 11.7. The lowest BCUT2D eigenvalue weighted by Crippen LogP contribution is -2.57. The van der Waals surface area contributed by atoms with Crippen molar-refractivity contribution in [3.8, 4) is 0 Å². The van der Waals surface area contributed by atoms with Crippen LogP contribution in [0.4, 0.5) is 0 Å². The van der Waals surface area contributed by atoms with Crippen LogP contribution in [-0.4, -0.2) is 92.8 Å². The number of amides is 4. The van der Waals surface area contributed by atoms with Crippen LogP contribution in [0.2, 0.25) is 0 Å². The van der Waals surface area contributed by atoms with E-state index in [2.05, 4.69) is 25.6 Å². The van der Waals surface area contributed by atoms with Crippen molar-refractivity contribution in [1.29, 1.82) is 0 Å². The number of nitrogens with two attached hydrogens (primary N) is 4. The fourth-order valence-corrected chi connectivity index (χ4v) is 3.92. The van der Waals surface area contributed by atoms with Gasteiger partial charge in [-0.3, -0.25) is 24.2 Å². The highest BCUT2D eigenvalue weighted by atomic mass is 16.4. The summed E-state index contributed by atoms with van der Waals surface area (Å²) >= 11 is 0. The SMILES string of the molecule is NC(=O)CC(NC(=O)C(N)CCCN=C(N)N)C(=O)N1CCCC1C(=O)NC(Cc1cnc[nH]1)C(=O)O. The second kappa shape index (κ2) is 13.8. The number of carboxylic acid groups (broad SMARTS) is 1. The zero-order chi connectivity index (χ0) is 27.5. The number of aromatic nitrogens is 2. The fourth-order valence-electron chi connectivity index (χ4n) is 3.92. The van der Waals surface area contributed by atoms with Crippen molar-refractivity contribution in [2.24, 2.45) is 27.9 Å². The fraction of sp³-hybridized carbons (Fsp3) is 0.571. The molecule has 1 aromatic rings. The number of nitrogens with zero attached hydrogens (tertiary/aromatic N) is 3. The molecule has 1 aliphatic heterocycles. The summed E-state index contributed by atoms with van der Waals surface area (Å²) in [4.78, 5) is 73.7. The van der Waals surface area contributed by atoms with Gasteiger partial charge >= 0.3 is 5.97 Å². The molecule has 0 saturated carbocycles. The number of aliphatic carboxylic acids is 1. The number of guanidine groups is 1. The molecule has 2 rings (SSSR count). The van der Waals surface area contributed by atoms with E-state index in [-0.39, 0.29) is 38.3 Å². The third-order valence-electron chi connectivity index (χ3n) is 5.76. The number of carbonyl (C=O) groups is 5. The first-order valence-electron chi connectivity index (χ1n) is 11.7. The Morgan fingerprint density at radius 2 is 1.92 bits per heavy atom. The molecule has 0 bridgehead atoms. The van der Waals surface area contributed by atoms with Crippen LogP contribution in [0.5, 0.6) is 0 Å². The van der Waals surface area contributed by atoms with Gasteiger partial charge in [-0.1, -0.05) is 0 Å². The second-order valence-electron chi connectivity index (χ2n) is 8.66. The Hall–Kier alpha value is -4.21. The van der Waals surface area contributed by atoms with Gasteiger partial charge in [-0.05, 0) is 25.7 Å². The zero-order valence-corrected chi connectivity index (χ0v) is 20.3. The molecule has 37 heavy (non-hydrogen) atoms. The van der Waals surface area contributed by atoms with Crippen LogP contribution in [0.3, 0.4) is 0 Å². The number of imidazole rings is 1. The van der Waals surface area contributed by atoms with E-state index < -0.39 is 60.2 Å². The lowest BCUT2D eigenvalue weighted by Gasteiger charge is -2.29. The predicted molar refractivity (Wildman–Crippen MR) is 130 cm³/mol. The van der Waals surface area contributed by atoms with Crippen molar-refractivity contribution in [3.05, 3.63) is 18.2 Å². The van der Waals surface area contributed by atoms with E-state index in [0.29, 0.717) is 18.5 Å². The molecule has 0 radical (unpaired) electrons. The highest BCUT2D eigenvalue weighted by Crippen LogP contribution is 2.20. The predicted octanol–water partition coefficient (Wildman–Crippen LogP) is -3.75. The second-order valence-corrected chi connectivity index (χ2v) is 8.66. The van der Waals surface area contributed by atoms with Crippen molar-refractivity contribution in [2.75, 3.05) is 13.1 Å². The Morgan fingerprint density at radius 1 is 1.19 bits per heavy atom. The molecule has 4 amide bonds. The maximum absolute atomic E-state index is 13.3. The van der Waals surface area contributed by atoms with E-state index in [1.54, 1.807) is 0 Å². The van der Waals surface area contributed by atoms with E-state index in [9.17, 15) is 29.1 Å². The molecule has 1 aliphatic rings. The van der Waals surface area contributed by atoms with Gasteiger partial charge in [0.2, 0.25) is 23.6 Å². The summed E-state index contributed by atoms with van der Waals surface area (Å²) in [5, 5.41) is 14.4. The van der Waals surface area contributed by atoms with Crippen molar-refractivity contribution in [1.82, 2.24) is 25.5 Å². The Bertz CT molecular complexity index is 994. The first-order chi connectivity index (χ1) is 17.5. The number of aromatic amines is 1. The lowest BCUT2D eigenvalue weighted by molar-refractivity contribution is -0.145. The van der Waals surface area contributed by atoms with E-state index in [0.717, 1.165) is 0 Å². The minimum Gasteiger partial charge on any atom is -0.480 e. The van der Waals surface area contributed by atoms with Crippen LogP contribution in [0.15, 0.2) is 17.5 Å². The number of H-pyrrole nitrogens is 1. The highest BCUT2D eigenvalue weighted by Gasteiger charge is 2.39. The summed E-state index contributed by atoms with van der Waals surface area (Å²) in [5.74, 6) is -4.24. The number of aliphatic imine (C=N–C) groups is 1. The average Bonchev–Trinajstić information content (AvgIpc) is 3.52. The molecule has 0 spiro atoms. The topological polar surface area (TPSA) is 278 Å². The number of likely N-dealkylation sites (tertiary alicyclic amines) is 1. The van der Waals surface area contributed by atoms with E-state index >= 15 is 0 Å². The maximum Gasteiger partial charge on any atom is 0.326 e. The third kappa shape index (κ3) is 9.06. The Morgan fingerprint density at radius 3 is 2.51 bits per heavy atom. The van der Waals surface area contributed by atoms with Crippen molar-refractivity contribution >= 4 is 35.6 Å². The quantitative estimate of drug-likeness (QED) is 0.0671. The van der Waals surface area contributed by atoms with Gasteiger partial charge in [-0.15, -0.1) is 0 Å². The number of hydrogen-bond donors (Lipinski definition) is 8. The molecule has 16 nitrogen and oxygen atoms in total. The number of primary amides is 1. The number of rotatable bonds is 14. The monoisotopic (exact) mass is 522 g/mol. The molecule has 1 aromatic heterocycles. The van der Waals surface area contributed by atoms with Crippen LogP contribution in [0, 0.1) is 0 Å². The smallest absolute Gasteiger partial charge is 0.326 e. The number of hydrogen-bond acceptors (Lipinski definition) is 8. The van der Waals surface area contributed by atoms with Gasteiger partial charge in [0.1, 0.15) is 18.1 Å². The first kappa shape index (κ1) is 29.0. The van der Waals surface area contributed by atoms with Crippen LogP contribution in [0.25, 0.3) is 0 Å². The average molecular weight is 523 g/mol. The Balaban J connectivity index is 2.05. The van der Waals surface area contributed by atoms with Crippen LogP contribution < -0.4 is 33.6 Å². The highest BCUT2D eigenvalue weighted by molar-refractivity contribution is 5.96. The number of carboxylic acids is 1. The Kier molecular flexibility index (Phi) is 10.8. The maximum atomic E-state index is 13.3. The summed E-state index contributed by atoms with van der Waals surface area (Å²) in [5.41, 5.74) is 22.2. The van der Waals surface area contributed by atoms with Gasteiger partial charge in [0, 0.05) is 31.4 Å². The van der Waals surface area contributed by atoms with Gasteiger partial charge < -0.3 is 48.6 Å². The molecule has 12 N–H and O–H groups in total. The minimum atomic E-state index is -1.34. The molecular weight excluding hydrogens is 488 g/mol. The standard InChI is InChI=1S/C21H34N10O6/c22-12(3-1-5-27-21(24)25)17(33)29-13(8-16(23)32)19(35)31-6-2-4-15(31)18(34)30-14(20(36)37)7-11-9-26-10-28-11/h9-10,12-15H,1-8,22H2,(H2,23,32)(H,26,28)(H,29,33)(H,30,34)(H,36,37)(H4,24,25,27). The number of carbonyl (C=O) groups excluding carboxylic acids is 4. The van der Waals surface area contributed by atoms with Crippen molar-refractivity contribution in [3.63, 3.8) is 0 Å². The summed E-state index contributed by atoms with van der Waals surface area (Å²) in [6.07, 6.45) is 3.63. The van der Waals surface area contributed by atoms with Crippen molar-refractivity contribution in [2.45, 2.75) is 62.7 Å². The third-order valence-corrected chi connectivity index (χ3v) is 5.76. The molecule has 204 valence electrons. The molecule has 4 unspecified atom stereocenters. The van der Waals surface area contributed by atoms with Gasteiger partial charge in [0.15, 0.2) is 5.96 Å². The summed E-state index contributed by atoms with van der Waals surface area (Å²) in [6.45, 7) is 0.431. The molecule has 4 atom stereocenters. The molecule has 0 aliphatic carbocycles. The Labute approximate surface area is 212 Å². The van der Waals surface area contributed by atoms with Crippen LogP contribution in [0.1, 0.15) is 37.8 Å². The minimum absolute atomic E-state index is 0.0385. The van der Waals surface area contributed by atoms with Crippen LogP contribution >= 0.6 is 0 Å². The largest absolute Gasteiger partial charge is 0.480 e. The summed E-state index contributed by atoms with van der Waals surface area (Å²) < 4.78 is 0. The molecular formula is C21H34N10O6. The molecule has 0 aromatic carbocycles. The number of nitrogens with one attached hydrogen (secondary N) is 3. The van der Waals surface area contributed by atoms with Crippen molar-refractivity contribution < 1.29 is 29.1 Å².